The van der Waals surface area contributed by atoms with Crippen LogP contribution in [0.3, 0.4) is 0 Å². The number of aryl methyl sites for hydroxylation is 1. The van der Waals surface area contributed by atoms with Gasteiger partial charge in [-0.05, 0) is 32.0 Å². The number of carbonyl (C=O) groups excluding carboxylic acids is 1. The Bertz CT molecular complexity index is 674. The van der Waals surface area contributed by atoms with Crippen LogP contribution in [0.4, 0.5) is 5.13 Å². The van der Waals surface area contributed by atoms with Crippen molar-refractivity contribution in [3.05, 3.63) is 35.2 Å². The number of carbonyl (C=O) groups is 1. The van der Waals surface area contributed by atoms with Gasteiger partial charge in [0.2, 0.25) is 5.91 Å². The number of thiazole rings is 1. The zero-order valence-electron chi connectivity index (χ0n) is 11.6. The fourth-order valence-electron chi connectivity index (χ4n) is 1.88. The molecule has 1 aliphatic carbocycles. The summed E-state index contributed by atoms with van der Waals surface area (Å²) in [4.78, 5) is 16.1. The highest BCUT2D eigenvalue weighted by Gasteiger charge is 2.30. The topological polar surface area (TPSA) is 54.0 Å². The van der Waals surface area contributed by atoms with Gasteiger partial charge in [-0.1, -0.05) is 29.8 Å². The molecule has 0 aliphatic heterocycles. The molecule has 1 amide bonds. The van der Waals surface area contributed by atoms with Gasteiger partial charge >= 0.3 is 0 Å². The molecule has 0 saturated heterocycles. The van der Waals surface area contributed by atoms with Crippen molar-refractivity contribution >= 4 is 39.7 Å². The monoisotopic (exact) mass is 317 g/mol. The number of benzene rings is 1. The molecular weight excluding hydrogens is 302 g/mol. The first-order valence-electron chi connectivity index (χ1n) is 6.76. The standard InChI is InChI=1S/C15H15N3OS2/c1-9-2-4-10(5-3-9)12-8-21-15(16-12)18-14(20)17-13(19)11-6-7-11/h2-5,8,11H,6-7H2,1H3,(H2,16,17,18,19,20). The Morgan fingerprint density at radius 1 is 1.33 bits per heavy atom. The average Bonchev–Trinajstić information content (AvgIpc) is 3.21. The van der Waals surface area contributed by atoms with Gasteiger partial charge in [-0.25, -0.2) is 4.98 Å². The van der Waals surface area contributed by atoms with Crippen molar-refractivity contribution < 1.29 is 4.79 Å². The van der Waals surface area contributed by atoms with E-state index in [0.29, 0.717) is 10.2 Å². The number of rotatable bonds is 3. The highest BCUT2D eigenvalue weighted by molar-refractivity contribution is 7.80. The summed E-state index contributed by atoms with van der Waals surface area (Å²) in [5, 5.41) is 8.63. The first-order valence-corrected chi connectivity index (χ1v) is 8.05. The molecule has 1 fully saturated rings. The summed E-state index contributed by atoms with van der Waals surface area (Å²) < 4.78 is 0. The number of anilines is 1. The molecule has 4 nitrogen and oxygen atoms in total. The lowest BCUT2D eigenvalue weighted by Crippen LogP contribution is -2.35. The summed E-state index contributed by atoms with van der Waals surface area (Å²) in [6, 6.07) is 8.20. The third kappa shape index (κ3) is 3.65. The largest absolute Gasteiger partial charge is 0.308 e. The van der Waals surface area contributed by atoms with E-state index in [1.54, 1.807) is 0 Å². The molecule has 2 aromatic rings. The van der Waals surface area contributed by atoms with Crippen LogP contribution in [0.5, 0.6) is 0 Å². The summed E-state index contributed by atoms with van der Waals surface area (Å²) in [7, 11) is 0. The van der Waals surface area contributed by atoms with E-state index in [1.807, 2.05) is 17.5 Å². The van der Waals surface area contributed by atoms with Crippen molar-refractivity contribution in [1.82, 2.24) is 10.3 Å². The predicted octanol–water partition coefficient (Wildman–Crippen LogP) is 3.34. The van der Waals surface area contributed by atoms with Gasteiger partial charge in [-0.15, -0.1) is 11.3 Å². The Morgan fingerprint density at radius 2 is 2.05 bits per heavy atom. The molecular formula is C15H15N3OS2. The van der Waals surface area contributed by atoms with E-state index >= 15 is 0 Å². The quantitative estimate of drug-likeness (QED) is 0.853. The van der Waals surface area contributed by atoms with Gasteiger partial charge in [0.25, 0.3) is 0 Å². The van der Waals surface area contributed by atoms with Crippen molar-refractivity contribution in [3.63, 3.8) is 0 Å². The Morgan fingerprint density at radius 3 is 2.71 bits per heavy atom. The third-order valence-electron chi connectivity index (χ3n) is 3.26. The zero-order valence-corrected chi connectivity index (χ0v) is 13.2. The average molecular weight is 317 g/mol. The zero-order chi connectivity index (χ0) is 14.8. The Labute approximate surface area is 132 Å². The van der Waals surface area contributed by atoms with Crippen molar-refractivity contribution in [3.8, 4) is 11.3 Å². The molecule has 1 saturated carbocycles. The minimum atomic E-state index is 0.00261. The lowest BCUT2D eigenvalue weighted by Gasteiger charge is -2.05. The van der Waals surface area contributed by atoms with Crippen LogP contribution in [0.15, 0.2) is 29.6 Å². The van der Waals surface area contributed by atoms with Crippen LogP contribution < -0.4 is 10.6 Å². The number of aromatic nitrogens is 1. The van der Waals surface area contributed by atoms with Crippen LogP contribution >= 0.6 is 23.6 Å². The van der Waals surface area contributed by atoms with Gasteiger partial charge in [0.15, 0.2) is 10.2 Å². The van der Waals surface area contributed by atoms with Gasteiger partial charge in [0, 0.05) is 16.9 Å². The molecule has 1 heterocycles. The first-order chi connectivity index (χ1) is 10.1. The molecule has 0 radical (unpaired) electrons. The van der Waals surface area contributed by atoms with Gasteiger partial charge in [-0.3, -0.25) is 4.79 Å². The predicted molar refractivity (Wildman–Crippen MR) is 89.4 cm³/mol. The number of nitrogens with one attached hydrogen (secondary N) is 2. The van der Waals surface area contributed by atoms with Gasteiger partial charge < -0.3 is 10.6 Å². The second-order valence-corrected chi connectivity index (χ2v) is 6.39. The van der Waals surface area contributed by atoms with Crippen LogP contribution in [-0.4, -0.2) is 16.0 Å². The minimum Gasteiger partial charge on any atom is -0.308 e. The number of thiocarbonyl (C=S) groups is 1. The molecule has 1 aromatic heterocycles. The molecule has 0 unspecified atom stereocenters. The lowest BCUT2D eigenvalue weighted by molar-refractivity contribution is -0.120. The van der Waals surface area contributed by atoms with Crippen molar-refractivity contribution in [2.75, 3.05) is 5.32 Å². The van der Waals surface area contributed by atoms with Crippen LogP contribution in [0, 0.1) is 12.8 Å². The molecule has 6 heteroatoms. The highest BCUT2D eigenvalue weighted by Crippen LogP contribution is 2.29. The van der Waals surface area contributed by atoms with Gasteiger partial charge in [0.1, 0.15) is 0 Å². The number of amides is 1. The van der Waals surface area contributed by atoms with E-state index in [4.69, 9.17) is 12.2 Å². The summed E-state index contributed by atoms with van der Waals surface area (Å²) in [5.74, 6) is 0.145. The maximum Gasteiger partial charge on any atom is 0.229 e. The summed E-state index contributed by atoms with van der Waals surface area (Å²) in [5.41, 5.74) is 3.19. The normalized spacial score (nSPS) is 13.8. The summed E-state index contributed by atoms with van der Waals surface area (Å²) in [6.45, 7) is 2.05. The minimum absolute atomic E-state index is 0.00261. The fourth-order valence-corrected chi connectivity index (χ4v) is 2.86. The van der Waals surface area contributed by atoms with E-state index < -0.39 is 0 Å². The molecule has 1 aliphatic rings. The molecule has 21 heavy (non-hydrogen) atoms. The van der Waals surface area contributed by atoms with Crippen molar-refractivity contribution in [1.29, 1.82) is 0 Å². The number of hydrogen-bond acceptors (Lipinski definition) is 4. The molecule has 0 spiro atoms. The molecule has 108 valence electrons. The second kappa shape index (κ2) is 5.91. The maximum atomic E-state index is 11.6. The van der Waals surface area contributed by atoms with Gasteiger partial charge in [0.05, 0.1) is 5.69 Å². The van der Waals surface area contributed by atoms with E-state index in [2.05, 4.69) is 34.7 Å². The highest BCUT2D eigenvalue weighted by atomic mass is 32.1. The first kappa shape index (κ1) is 14.2. The SMILES string of the molecule is Cc1ccc(-c2csc(NC(=S)NC(=O)C3CC3)n2)cc1. The molecule has 0 atom stereocenters. The summed E-state index contributed by atoms with van der Waals surface area (Å²) >= 11 is 6.59. The van der Waals surface area contributed by atoms with E-state index in [9.17, 15) is 4.79 Å². The van der Waals surface area contributed by atoms with Crippen LogP contribution in [0.2, 0.25) is 0 Å². The Balaban J connectivity index is 1.63. The van der Waals surface area contributed by atoms with Crippen molar-refractivity contribution in [2.45, 2.75) is 19.8 Å². The van der Waals surface area contributed by atoms with Gasteiger partial charge in [-0.2, -0.15) is 0 Å². The second-order valence-electron chi connectivity index (χ2n) is 5.12. The van der Waals surface area contributed by atoms with Crippen LogP contribution in [-0.2, 0) is 4.79 Å². The fraction of sp³-hybridized carbons (Fsp3) is 0.267. The maximum absolute atomic E-state index is 11.6. The Kier molecular flexibility index (Phi) is 3.98. The third-order valence-corrected chi connectivity index (χ3v) is 4.22. The molecule has 0 bridgehead atoms. The van der Waals surface area contributed by atoms with E-state index in [1.165, 1.54) is 16.9 Å². The van der Waals surface area contributed by atoms with Crippen molar-refractivity contribution in [2.24, 2.45) is 5.92 Å². The van der Waals surface area contributed by atoms with E-state index in [0.717, 1.165) is 24.1 Å². The molecule has 3 rings (SSSR count). The number of nitrogens with zero attached hydrogens (tertiary/aromatic N) is 1. The number of hydrogen-bond donors (Lipinski definition) is 2. The Hall–Kier alpha value is -1.79. The smallest absolute Gasteiger partial charge is 0.229 e. The van der Waals surface area contributed by atoms with E-state index in [-0.39, 0.29) is 11.8 Å². The summed E-state index contributed by atoms with van der Waals surface area (Å²) in [6.07, 6.45) is 1.92. The van der Waals surface area contributed by atoms with Crippen LogP contribution in [0.1, 0.15) is 18.4 Å². The molecule has 2 N–H and O–H groups in total. The molecule has 1 aromatic carbocycles. The lowest BCUT2D eigenvalue weighted by atomic mass is 10.1. The van der Waals surface area contributed by atoms with Crippen LogP contribution in [0.25, 0.3) is 11.3 Å².